The van der Waals surface area contributed by atoms with Crippen molar-refractivity contribution < 1.29 is 17.6 Å². The fraction of sp³-hybridized carbons (Fsp3) is 0.250. The molecule has 0 aliphatic rings. The summed E-state index contributed by atoms with van der Waals surface area (Å²) >= 11 is 0. The molecule has 1 N–H and O–H groups in total. The van der Waals surface area contributed by atoms with Gasteiger partial charge in [-0.3, -0.25) is 0 Å². The van der Waals surface area contributed by atoms with Gasteiger partial charge in [-0.1, -0.05) is 25.1 Å². The Morgan fingerprint density at radius 3 is 2.29 bits per heavy atom. The minimum atomic E-state index is -4.37. The minimum Gasteiger partial charge on any atom is -0.378 e. The molecule has 2 aromatic carbocycles. The van der Waals surface area contributed by atoms with Gasteiger partial charge in [0.1, 0.15) is 5.82 Å². The summed E-state index contributed by atoms with van der Waals surface area (Å²) in [6.45, 7) is 1.91. The second kappa shape index (κ2) is 6.16. The smallest absolute Gasteiger partial charge is 0.378 e. The monoisotopic (exact) mass is 297 g/mol. The fourth-order valence-electron chi connectivity index (χ4n) is 2.10. The molecular formula is C16H15F4N. The van der Waals surface area contributed by atoms with Crippen molar-refractivity contribution in [2.24, 2.45) is 0 Å². The molecule has 0 aliphatic heterocycles. The van der Waals surface area contributed by atoms with Gasteiger partial charge in [0.2, 0.25) is 0 Å². The second-order valence-electron chi connectivity index (χ2n) is 4.74. The zero-order valence-corrected chi connectivity index (χ0v) is 11.4. The molecule has 0 fully saturated rings. The molecular weight excluding hydrogens is 282 g/mol. The lowest BCUT2D eigenvalue weighted by Crippen LogP contribution is -2.11. The molecule has 0 radical (unpaired) electrons. The van der Waals surface area contributed by atoms with Crippen molar-refractivity contribution >= 4 is 5.69 Å². The number of anilines is 1. The summed E-state index contributed by atoms with van der Waals surface area (Å²) < 4.78 is 51.0. The molecule has 0 heterocycles. The van der Waals surface area contributed by atoms with Gasteiger partial charge in [0.15, 0.2) is 0 Å². The summed E-state index contributed by atoms with van der Waals surface area (Å²) in [6.07, 6.45) is -3.70. The van der Waals surface area contributed by atoms with Gasteiger partial charge < -0.3 is 5.32 Å². The van der Waals surface area contributed by atoms with Gasteiger partial charge in [0.25, 0.3) is 0 Å². The maximum absolute atomic E-state index is 12.9. The van der Waals surface area contributed by atoms with Crippen LogP contribution in [0.3, 0.4) is 0 Å². The van der Waals surface area contributed by atoms with Crippen molar-refractivity contribution in [2.75, 3.05) is 5.32 Å². The van der Waals surface area contributed by atoms with Crippen LogP contribution < -0.4 is 5.32 Å². The largest absolute Gasteiger partial charge is 0.416 e. The molecule has 5 heteroatoms. The Balaban J connectivity index is 2.21. The van der Waals surface area contributed by atoms with Crippen molar-refractivity contribution in [3.8, 4) is 0 Å². The molecule has 0 saturated carbocycles. The van der Waals surface area contributed by atoms with E-state index in [1.807, 2.05) is 6.92 Å². The first-order valence-electron chi connectivity index (χ1n) is 6.59. The lowest BCUT2D eigenvalue weighted by Gasteiger charge is -2.19. The van der Waals surface area contributed by atoms with Gasteiger partial charge in [-0.15, -0.1) is 0 Å². The number of alkyl halides is 3. The Hall–Kier alpha value is -2.04. The van der Waals surface area contributed by atoms with Crippen LogP contribution in [0.4, 0.5) is 23.2 Å². The van der Waals surface area contributed by atoms with Crippen LogP contribution >= 0.6 is 0 Å². The Labute approximate surface area is 120 Å². The molecule has 1 nitrogen and oxygen atoms in total. The summed E-state index contributed by atoms with van der Waals surface area (Å²) in [5, 5.41) is 3.05. The Morgan fingerprint density at radius 1 is 1.05 bits per heavy atom. The molecule has 0 spiro atoms. The molecule has 0 amide bonds. The SMILES string of the molecule is CCC(Nc1cccc(C(F)(F)F)c1)c1ccc(F)cc1. The number of halogens is 4. The molecule has 0 aliphatic carbocycles. The number of hydrogen-bond donors (Lipinski definition) is 1. The predicted molar refractivity (Wildman–Crippen MR) is 74.5 cm³/mol. The summed E-state index contributed by atoms with van der Waals surface area (Å²) in [5.74, 6) is -0.340. The minimum absolute atomic E-state index is 0.172. The number of nitrogens with one attached hydrogen (secondary N) is 1. The van der Waals surface area contributed by atoms with Crippen LogP contribution in [0.1, 0.15) is 30.5 Å². The Kier molecular flexibility index (Phi) is 4.50. The van der Waals surface area contributed by atoms with Crippen LogP contribution in [0.2, 0.25) is 0 Å². The zero-order valence-electron chi connectivity index (χ0n) is 11.4. The summed E-state index contributed by atoms with van der Waals surface area (Å²) in [5.41, 5.74) is 0.527. The maximum atomic E-state index is 12.9. The number of benzene rings is 2. The molecule has 2 rings (SSSR count). The van der Waals surface area contributed by atoms with E-state index in [9.17, 15) is 17.6 Å². The van der Waals surface area contributed by atoms with Gasteiger partial charge in [0.05, 0.1) is 11.6 Å². The molecule has 1 unspecified atom stereocenters. The Bertz CT molecular complexity index is 590. The quantitative estimate of drug-likeness (QED) is 0.744. The fourth-order valence-corrected chi connectivity index (χ4v) is 2.10. The number of hydrogen-bond acceptors (Lipinski definition) is 1. The normalized spacial score (nSPS) is 13.0. The predicted octanol–water partition coefficient (Wildman–Crippen LogP) is 5.41. The van der Waals surface area contributed by atoms with Gasteiger partial charge in [-0.05, 0) is 42.3 Å². The average molecular weight is 297 g/mol. The van der Waals surface area contributed by atoms with Crippen molar-refractivity contribution in [1.29, 1.82) is 0 Å². The average Bonchev–Trinajstić information content (AvgIpc) is 2.45. The first-order valence-corrected chi connectivity index (χ1v) is 6.59. The van der Waals surface area contributed by atoms with Crippen LogP contribution in [0.15, 0.2) is 48.5 Å². The van der Waals surface area contributed by atoms with Crippen molar-refractivity contribution in [1.82, 2.24) is 0 Å². The highest BCUT2D eigenvalue weighted by molar-refractivity contribution is 5.48. The van der Waals surface area contributed by atoms with Gasteiger partial charge in [-0.25, -0.2) is 4.39 Å². The molecule has 112 valence electrons. The highest BCUT2D eigenvalue weighted by atomic mass is 19.4. The molecule has 21 heavy (non-hydrogen) atoms. The van der Waals surface area contributed by atoms with Crippen LogP contribution in [-0.2, 0) is 6.18 Å². The van der Waals surface area contributed by atoms with Crippen LogP contribution in [0.25, 0.3) is 0 Å². The van der Waals surface area contributed by atoms with Crippen molar-refractivity contribution in [3.63, 3.8) is 0 Å². The topological polar surface area (TPSA) is 12.0 Å². The van der Waals surface area contributed by atoms with Crippen molar-refractivity contribution in [3.05, 3.63) is 65.5 Å². The highest BCUT2D eigenvalue weighted by Gasteiger charge is 2.30. The van der Waals surface area contributed by atoms with E-state index in [0.717, 1.165) is 17.7 Å². The third-order valence-electron chi connectivity index (χ3n) is 3.21. The second-order valence-corrected chi connectivity index (χ2v) is 4.74. The highest BCUT2D eigenvalue weighted by Crippen LogP contribution is 2.32. The lowest BCUT2D eigenvalue weighted by atomic mass is 10.0. The van der Waals surface area contributed by atoms with Crippen LogP contribution in [-0.4, -0.2) is 0 Å². The summed E-state index contributed by atoms with van der Waals surface area (Å²) in [4.78, 5) is 0. The Morgan fingerprint density at radius 2 is 1.71 bits per heavy atom. The van der Waals surface area contributed by atoms with E-state index in [-0.39, 0.29) is 11.9 Å². The van der Waals surface area contributed by atoms with Gasteiger partial charge in [-0.2, -0.15) is 13.2 Å². The van der Waals surface area contributed by atoms with E-state index in [1.54, 1.807) is 18.2 Å². The summed E-state index contributed by atoms with van der Waals surface area (Å²) in [6, 6.07) is 10.8. The summed E-state index contributed by atoms with van der Waals surface area (Å²) in [7, 11) is 0. The lowest BCUT2D eigenvalue weighted by molar-refractivity contribution is -0.137. The van der Waals surface area contributed by atoms with E-state index in [4.69, 9.17) is 0 Å². The van der Waals surface area contributed by atoms with E-state index >= 15 is 0 Å². The molecule has 2 aromatic rings. The third kappa shape index (κ3) is 3.97. The number of rotatable bonds is 4. The standard InChI is InChI=1S/C16H15F4N/c1-2-15(11-6-8-13(17)9-7-11)21-14-5-3-4-12(10-14)16(18,19)20/h3-10,15,21H,2H2,1H3. The third-order valence-corrected chi connectivity index (χ3v) is 3.21. The molecule has 0 saturated heterocycles. The molecule has 0 bridgehead atoms. The van der Waals surface area contributed by atoms with Gasteiger partial charge in [0, 0.05) is 5.69 Å². The first kappa shape index (κ1) is 15.4. The van der Waals surface area contributed by atoms with Crippen molar-refractivity contribution in [2.45, 2.75) is 25.6 Å². The van der Waals surface area contributed by atoms with E-state index in [1.165, 1.54) is 18.2 Å². The van der Waals surface area contributed by atoms with E-state index in [0.29, 0.717) is 12.1 Å². The molecule has 1 atom stereocenters. The maximum Gasteiger partial charge on any atom is 0.416 e. The molecule has 0 aromatic heterocycles. The first-order chi connectivity index (χ1) is 9.90. The van der Waals surface area contributed by atoms with Crippen LogP contribution in [0.5, 0.6) is 0 Å². The van der Waals surface area contributed by atoms with Gasteiger partial charge >= 0.3 is 6.18 Å². The van der Waals surface area contributed by atoms with E-state index in [2.05, 4.69) is 5.32 Å². The van der Waals surface area contributed by atoms with Crippen LogP contribution in [0, 0.1) is 5.82 Å². The zero-order chi connectivity index (χ0) is 15.5. The van der Waals surface area contributed by atoms with E-state index < -0.39 is 11.7 Å².